The standard InChI is InChI=1S/C17H14F5NO3S/c1-27(25,26)13-8-4-11(5-9-13)16(24)23-14(15(18)19)10-2-6-12(7-3-10)17(20,21)22/h2-9,14-15H,1H3,(H,23,24). The minimum Gasteiger partial charge on any atom is -0.339 e. The molecule has 10 heteroatoms. The van der Waals surface area contributed by atoms with Gasteiger partial charge in [0.15, 0.2) is 9.84 Å². The Morgan fingerprint density at radius 3 is 1.89 bits per heavy atom. The van der Waals surface area contributed by atoms with Crippen LogP contribution in [0.5, 0.6) is 0 Å². The lowest BCUT2D eigenvalue weighted by Gasteiger charge is -2.19. The molecule has 0 aliphatic rings. The zero-order chi connectivity index (χ0) is 20.4. The number of hydrogen-bond acceptors (Lipinski definition) is 3. The second-order valence-corrected chi connectivity index (χ2v) is 7.72. The number of halogens is 5. The molecule has 0 radical (unpaired) electrons. The molecule has 0 aromatic heterocycles. The Morgan fingerprint density at radius 1 is 0.963 bits per heavy atom. The van der Waals surface area contributed by atoms with Gasteiger partial charge in [0, 0.05) is 11.8 Å². The second-order valence-electron chi connectivity index (χ2n) is 5.70. The minimum atomic E-state index is -4.61. The van der Waals surface area contributed by atoms with E-state index in [1.54, 1.807) is 0 Å². The molecular formula is C17H14F5NO3S. The topological polar surface area (TPSA) is 63.2 Å². The number of carbonyl (C=O) groups excluding carboxylic acids is 1. The average Bonchev–Trinajstić information content (AvgIpc) is 2.58. The number of rotatable bonds is 5. The van der Waals surface area contributed by atoms with Gasteiger partial charge in [-0.05, 0) is 42.0 Å². The fraction of sp³-hybridized carbons (Fsp3) is 0.235. The number of carbonyl (C=O) groups is 1. The molecule has 2 aromatic carbocycles. The lowest BCUT2D eigenvalue weighted by atomic mass is 10.0. The molecule has 4 nitrogen and oxygen atoms in total. The first-order valence-electron chi connectivity index (χ1n) is 7.46. The first-order valence-corrected chi connectivity index (χ1v) is 9.35. The first-order chi connectivity index (χ1) is 12.4. The Bertz CT molecular complexity index is 907. The van der Waals surface area contributed by atoms with Crippen molar-refractivity contribution in [2.45, 2.75) is 23.5 Å². The quantitative estimate of drug-likeness (QED) is 0.766. The van der Waals surface area contributed by atoms with E-state index in [0.29, 0.717) is 12.1 Å². The van der Waals surface area contributed by atoms with Crippen molar-refractivity contribution in [2.24, 2.45) is 0 Å². The summed E-state index contributed by atoms with van der Waals surface area (Å²) in [7, 11) is -3.48. The van der Waals surface area contributed by atoms with E-state index in [0.717, 1.165) is 42.7 Å². The van der Waals surface area contributed by atoms with Crippen molar-refractivity contribution < 1.29 is 35.2 Å². The number of amides is 1. The summed E-state index contributed by atoms with van der Waals surface area (Å²) in [4.78, 5) is 12.1. The Morgan fingerprint density at radius 2 is 1.48 bits per heavy atom. The molecule has 0 fully saturated rings. The van der Waals surface area contributed by atoms with Gasteiger partial charge < -0.3 is 5.32 Å². The monoisotopic (exact) mass is 407 g/mol. The molecule has 0 aliphatic heterocycles. The van der Waals surface area contributed by atoms with Crippen LogP contribution in [0.3, 0.4) is 0 Å². The summed E-state index contributed by atoms with van der Waals surface area (Å²) in [5.74, 6) is -0.916. The van der Waals surface area contributed by atoms with Crippen LogP contribution in [0.1, 0.15) is 27.5 Å². The van der Waals surface area contributed by atoms with Gasteiger partial charge in [-0.2, -0.15) is 13.2 Å². The third-order valence-electron chi connectivity index (χ3n) is 3.68. The highest BCUT2D eigenvalue weighted by molar-refractivity contribution is 7.90. The number of benzene rings is 2. The highest BCUT2D eigenvalue weighted by Gasteiger charge is 2.31. The van der Waals surface area contributed by atoms with Gasteiger partial charge >= 0.3 is 6.18 Å². The van der Waals surface area contributed by atoms with Gasteiger partial charge in [-0.3, -0.25) is 4.79 Å². The molecule has 0 spiro atoms. The van der Waals surface area contributed by atoms with Crippen molar-refractivity contribution in [3.63, 3.8) is 0 Å². The molecule has 146 valence electrons. The molecule has 1 atom stereocenters. The summed E-state index contributed by atoms with van der Waals surface area (Å²) in [5, 5.41) is 2.05. The summed E-state index contributed by atoms with van der Waals surface area (Å²) >= 11 is 0. The molecule has 0 aliphatic carbocycles. The van der Waals surface area contributed by atoms with Crippen molar-refractivity contribution in [3.05, 3.63) is 65.2 Å². The lowest BCUT2D eigenvalue weighted by Crippen LogP contribution is -2.33. The Balaban J connectivity index is 2.22. The normalized spacial score (nSPS) is 13.4. The zero-order valence-corrected chi connectivity index (χ0v) is 14.6. The van der Waals surface area contributed by atoms with E-state index in [-0.39, 0.29) is 16.0 Å². The van der Waals surface area contributed by atoms with Crippen LogP contribution in [0.15, 0.2) is 53.4 Å². The Hall–Kier alpha value is -2.49. The maximum absolute atomic E-state index is 13.3. The van der Waals surface area contributed by atoms with Gasteiger partial charge in [-0.1, -0.05) is 12.1 Å². The SMILES string of the molecule is CS(=O)(=O)c1ccc(C(=O)NC(c2ccc(C(F)(F)F)cc2)C(F)F)cc1. The Labute approximate surface area is 151 Å². The summed E-state index contributed by atoms with van der Waals surface area (Å²) in [6, 6.07) is 5.82. The summed E-state index contributed by atoms with van der Waals surface area (Å²) in [6.45, 7) is 0. The van der Waals surface area contributed by atoms with Gasteiger partial charge in [0.05, 0.1) is 10.5 Å². The van der Waals surface area contributed by atoms with Gasteiger partial charge in [0.1, 0.15) is 6.04 Å². The highest BCUT2D eigenvalue weighted by atomic mass is 32.2. The molecule has 2 rings (SSSR count). The third-order valence-corrected chi connectivity index (χ3v) is 4.81. The zero-order valence-electron chi connectivity index (χ0n) is 13.8. The van der Waals surface area contributed by atoms with Crippen LogP contribution in [0.2, 0.25) is 0 Å². The number of hydrogen-bond donors (Lipinski definition) is 1. The third kappa shape index (κ3) is 5.25. The van der Waals surface area contributed by atoms with E-state index in [1.807, 2.05) is 5.32 Å². The van der Waals surface area contributed by atoms with E-state index < -0.39 is 40.0 Å². The first kappa shape index (κ1) is 20.8. The molecule has 1 amide bonds. The summed E-state index contributed by atoms with van der Waals surface area (Å²) in [5.41, 5.74) is -1.26. The predicted molar refractivity (Wildman–Crippen MR) is 87.2 cm³/mol. The van der Waals surface area contributed by atoms with E-state index in [9.17, 15) is 35.2 Å². The van der Waals surface area contributed by atoms with Crippen molar-refractivity contribution >= 4 is 15.7 Å². The van der Waals surface area contributed by atoms with Crippen LogP contribution >= 0.6 is 0 Å². The molecule has 0 heterocycles. The summed E-state index contributed by atoms with van der Waals surface area (Å²) < 4.78 is 87.1. The molecule has 1 unspecified atom stereocenters. The molecule has 0 saturated carbocycles. The molecule has 0 saturated heterocycles. The van der Waals surface area contributed by atoms with E-state index >= 15 is 0 Å². The van der Waals surface area contributed by atoms with Gasteiger partial charge in [-0.25, -0.2) is 17.2 Å². The smallest absolute Gasteiger partial charge is 0.339 e. The Kier molecular flexibility index (Phi) is 5.88. The van der Waals surface area contributed by atoms with Crippen LogP contribution < -0.4 is 5.32 Å². The fourth-order valence-electron chi connectivity index (χ4n) is 2.25. The minimum absolute atomic E-state index is 0.0489. The van der Waals surface area contributed by atoms with Gasteiger partial charge in [0.2, 0.25) is 0 Å². The predicted octanol–water partition coefficient (Wildman–Crippen LogP) is 3.85. The van der Waals surface area contributed by atoms with Crippen molar-refractivity contribution in [1.82, 2.24) is 5.32 Å². The van der Waals surface area contributed by atoms with Crippen LogP contribution in [0, 0.1) is 0 Å². The van der Waals surface area contributed by atoms with Gasteiger partial charge in [-0.15, -0.1) is 0 Å². The van der Waals surface area contributed by atoms with E-state index in [1.165, 1.54) is 0 Å². The van der Waals surface area contributed by atoms with Crippen LogP contribution in [0.4, 0.5) is 22.0 Å². The van der Waals surface area contributed by atoms with Crippen molar-refractivity contribution in [3.8, 4) is 0 Å². The second kappa shape index (κ2) is 7.63. The molecular weight excluding hydrogens is 393 g/mol. The van der Waals surface area contributed by atoms with Crippen LogP contribution in [0.25, 0.3) is 0 Å². The highest BCUT2D eigenvalue weighted by Crippen LogP contribution is 2.31. The van der Waals surface area contributed by atoms with Crippen molar-refractivity contribution in [1.29, 1.82) is 0 Å². The average molecular weight is 407 g/mol. The number of sulfone groups is 1. The molecule has 1 N–H and O–H groups in total. The van der Waals surface area contributed by atoms with Gasteiger partial charge in [0.25, 0.3) is 12.3 Å². The van der Waals surface area contributed by atoms with Crippen LogP contribution in [-0.2, 0) is 16.0 Å². The molecule has 2 aromatic rings. The lowest BCUT2D eigenvalue weighted by molar-refractivity contribution is -0.137. The number of alkyl halides is 5. The fourth-order valence-corrected chi connectivity index (χ4v) is 2.88. The number of nitrogens with one attached hydrogen (secondary N) is 1. The van der Waals surface area contributed by atoms with Crippen LogP contribution in [-0.4, -0.2) is 27.0 Å². The largest absolute Gasteiger partial charge is 0.416 e. The molecule has 0 bridgehead atoms. The molecule has 27 heavy (non-hydrogen) atoms. The van der Waals surface area contributed by atoms with E-state index in [2.05, 4.69) is 0 Å². The maximum Gasteiger partial charge on any atom is 0.416 e. The maximum atomic E-state index is 13.3. The summed E-state index contributed by atoms with van der Waals surface area (Å²) in [6.07, 6.45) is -6.70. The van der Waals surface area contributed by atoms with Crippen molar-refractivity contribution in [2.75, 3.05) is 6.26 Å². The van der Waals surface area contributed by atoms with E-state index in [4.69, 9.17) is 0 Å².